The number of nitrogens with one attached hydrogen (secondary N) is 1. The molecule has 1 aromatic heterocycles. The van der Waals surface area contributed by atoms with Crippen LogP contribution in [0.3, 0.4) is 0 Å². The molecule has 1 aromatic rings. The monoisotopic (exact) mass is 221 g/mol. The van der Waals surface area contributed by atoms with Crippen LogP contribution in [0.4, 0.5) is 0 Å². The lowest BCUT2D eigenvalue weighted by Crippen LogP contribution is -2.39. The predicted molar refractivity (Wildman–Crippen MR) is 63.8 cm³/mol. The Balaban J connectivity index is 2.28. The Hall–Kier alpha value is -1.42. The second-order valence-corrected chi connectivity index (χ2v) is 4.01. The minimum Gasteiger partial charge on any atom is -0.355 e. The third-order valence-electron chi connectivity index (χ3n) is 2.61. The van der Waals surface area contributed by atoms with Gasteiger partial charge in [-0.1, -0.05) is 13.0 Å². The SMILES string of the molecule is CC(N)C(C)C(=O)NCCc1ccccn1. The van der Waals surface area contributed by atoms with Crippen molar-refractivity contribution in [1.82, 2.24) is 10.3 Å². The van der Waals surface area contributed by atoms with Gasteiger partial charge in [0.25, 0.3) is 0 Å². The van der Waals surface area contributed by atoms with E-state index >= 15 is 0 Å². The highest BCUT2D eigenvalue weighted by atomic mass is 16.1. The number of amides is 1. The highest BCUT2D eigenvalue weighted by Crippen LogP contribution is 1.99. The number of carbonyl (C=O) groups excluding carboxylic acids is 1. The zero-order valence-electron chi connectivity index (χ0n) is 9.81. The molecule has 1 amide bonds. The molecule has 2 atom stereocenters. The third-order valence-corrected chi connectivity index (χ3v) is 2.61. The molecule has 0 aliphatic heterocycles. The van der Waals surface area contributed by atoms with Crippen LogP contribution in [0.2, 0.25) is 0 Å². The molecule has 0 bridgehead atoms. The molecule has 0 radical (unpaired) electrons. The topological polar surface area (TPSA) is 68.0 Å². The highest BCUT2D eigenvalue weighted by Gasteiger charge is 2.15. The first-order valence-corrected chi connectivity index (χ1v) is 5.54. The van der Waals surface area contributed by atoms with E-state index in [4.69, 9.17) is 5.73 Å². The summed E-state index contributed by atoms with van der Waals surface area (Å²) in [6.45, 7) is 4.27. The van der Waals surface area contributed by atoms with Gasteiger partial charge in [0.2, 0.25) is 5.91 Å². The van der Waals surface area contributed by atoms with Gasteiger partial charge in [-0.15, -0.1) is 0 Å². The molecule has 3 N–H and O–H groups in total. The number of pyridine rings is 1. The Bertz CT molecular complexity index is 324. The summed E-state index contributed by atoms with van der Waals surface area (Å²) < 4.78 is 0. The maximum absolute atomic E-state index is 11.6. The Morgan fingerprint density at radius 1 is 1.50 bits per heavy atom. The number of hydrogen-bond acceptors (Lipinski definition) is 3. The van der Waals surface area contributed by atoms with Gasteiger partial charge in [-0.3, -0.25) is 9.78 Å². The maximum atomic E-state index is 11.6. The summed E-state index contributed by atoms with van der Waals surface area (Å²) in [7, 11) is 0. The minimum absolute atomic E-state index is 0.00549. The molecule has 0 aliphatic carbocycles. The van der Waals surface area contributed by atoms with Crippen molar-refractivity contribution in [3.8, 4) is 0 Å². The van der Waals surface area contributed by atoms with Crippen molar-refractivity contribution in [3.63, 3.8) is 0 Å². The van der Waals surface area contributed by atoms with Crippen LogP contribution in [0.1, 0.15) is 19.5 Å². The number of nitrogens with two attached hydrogens (primary N) is 1. The molecular weight excluding hydrogens is 202 g/mol. The van der Waals surface area contributed by atoms with E-state index in [9.17, 15) is 4.79 Å². The van der Waals surface area contributed by atoms with Crippen LogP contribution in [0.5, 0.6) is 0 Å². The third kappa shape index (κ3) is 3.98. The summed E-state index contributed by atoms with van der Waals surface area (Å²) in [6, 6.07) is 5.64. The molecular formula is C12H19N3O. The van der Waals surface area contributed by atoms with Gasteiger partial charge in [-0.05, 0) is 19.1 Å². The van der Waals surface area contributed by atoms with Gasteiger partial charge >= 0.3 is 0 Å². The summed E-state index contributed by atoms with van der Waals surface area (Å²) in [6.07, 6.45) is 2.50. The fourth-order valence-corrected chi connectivity index (χ4v) is 1.26. The first-order valence-electron chi connectivity index (χ1n) is 5.54. The van der Waals surface area contributed by atoms with E-state index in [1.54, 1.807) is 6.20 Å². The van der Waals surface area contributed by atoms with Crippen LogP contribution in [0, 0.1) is 5.92 Å². The highest BCUT2D eigenvalue weighted by molar-refractivity contribution is 5.78. The van der Waals surface area contributed by atoms with Crippen molar-refractivity contribution < 1.29 is 4.79 Å². The average Bonchev–Trinajstić information content (AvgIpc) is 2.29. The minimum atomic E-state index is -0.149. The fraction of sp³-hybridized carbons (Fsp3) is 0.500. The number of hydrogen-bond donors (Lipinski definition) is 2. The Morgan fingerprint density at radius 3 is 2.81 bits per heavy atom. The van der Waals surface area contributed by atoms with Gasteiger partial charge in [0.1, 0.15) is 0 Å². The van der Waals surface area contributed by atoms with Gasteiger partial charge in [0.05, 0.1) is 0 Å². The standard InChI is InChI=1S/C12H19N3O/c1-9(10(2)13)12(16)15-8-6-11-5-3-4-7-14-11/h3-5,7,9-10H,6,8,13H2,1-2H3,(H,15,16). The van der Waals surface area contributed by atoms with Crippen LogP contribution >= 0.6 is 0 Å². The second-order valence-electron chi connectivity index (χ2n) is 4.01. The van der Waals surface area contributed by atoms with E-state index in [0.717, 1.165) is 12.1 Å². The van der Waals surface area contributed by atoms with Crippen LogP contribution < -0.4 is 11.1 Å². The van der Waals surface area contributed by atoms with Crippen molar-refractivity contribution in [2.45, 2.75) is 26.3 Å². The average molecular weight is 221 g/mol. The molecule has 4 heteroatoms. The van der Waals surface area contributed by atoms with Gasteiger partial charge in [0.15, 0.2) is 0 Å². The van der Waals surface area contributed by atoms with Crippen molar-refractivity contribution in [2.75, 3.05) is 6.54 Å². The zero-order chi connectivity index (χ0) is 12.0. The summed E-state index contributed by atoms with van der Waals surface area (Å²) in [5.41, 5.74) is 6.63. The van der Waals surface area contributed by atoms with Crippen molar-refractivity contribution in [2.24, 2.45) is 11.7 Å². The maximum Gasteiger partial charge on any atom is 0.224 e. The first-order chi connectivity index (χ1) is 7.61. The quantitative estimate of drug-likeness (QED) is 0.770. The Morgan fingerprint density at radius 2 is 2.25 bits per heavy atom. The van der Waals surface area contributed by atoms with E-state index in [0.29, 0.717) is 6.54 Å². The molecule has 4 nitrogen and oxygen atoms in total. The van der Waals surface area contributed by atoms with Gasteiger partial charge in [-0.2, -0.15) is 0 Å². The van der Waals surface area contributed by atoms with Crippen LogP contribution in [-0.2, 0) is 11.2 Å². The van der Waals surface area contributed by atoms with Crippen molar-refractivity contribution >= 4 is 5.91 Å². The summed E-state index contributed by atoms with van der Waals surface area (Å²) in [4.78, 5) is 15.7. The molecule has 0 spiro atoms. The lowest BCUT2D eigenvalue weighted by atomic mass is 10.0. The van der Waals surface area contributed by atoms with Crippen LogP contribution in [0.25, 0.3) is 0 Å². The second kappa shape index (κ2) is 6.23. The zero-order valence-corrected chi connectivity index (χ0v) is 9.81. The molecule has 0 aliphatic rings. The number of carbonyl (C=O) groups is 1. The molecule has 0 fully saturated rings. The normalized spacial score (nSPS) is 14.2. The summed E-state index contributed by atoms with van der Waals surface area (Å²) in [5.74, 6) is -0.144. The van der Waals surface area contributed by atoms with Crippen LogP contribution in [-0.4, -0.2) is 23.5 Å². The van der Waals surface area contributed by atoms with E-state index in [2.05, 4.69) is 10.3 Å². The molecule has 88 valence electrons. The van der Waals surface area contributed by atoms with Crippen molar-refractivity contribution in [3.05, 3.63) is 30.1 Å². The number of aromatic nitrogens is 1. The van der Waals surface area contributed by atoms with Crippen LogP contribution in [0.15, 0.2) is 24.4 Å². The molecule has 1 rings (SSSR count). The van der Waals surface area contributed by atoms with Crippen molar-refractivity contribution in [1.29, 1.82) is 0 Å². The van der Waals surface area contributed by atoms with E-state index in [-0.39, 0.29) is 17.9 Å². The molecule has 16 heavy (non-hydrogen) atoms. The fourth-order valence-electron chi connectivity index (χ4n) is 1.26. The van der Waals surface area contributed by atoms with E-state index in [1.165, 1.54) is 0 Å². The van der Waals surface area contributed by atoms with Gasteiger partial charge in [0, 0.05) is 36.8 Å². The predicted octanol–water partition coefficient (Wildman–Crippen LogP) is 0.724. The lowest BCUT2D eigenvalue weighted by Gasteiger charge is -2.15. The smallest absolute Gasteiger partial charge is 0.224 e. The largest absolute Gasteiger partial charge is 0.355 e. The number of nitrogens with zero attached hydrogens (tertiary/aromatic N) is 1. The molecule has 0 saturated heterocycles. The van der Waals surface area contributed by atoms with E-state index in [1.807, 2.05) is 32.0 Å². The Labute approximate surface area is 96.3 Å². The summed E-state index contributed by atoms with van der Waals surface area (Å²) in [5, 5.41) is 2.85. The molecule has 2 unspecified atom stereocenters. The van der Waals surface area contributed by atoms with Gasteiger partial charge < -0.3 is 11.1 Å². The number of rotatable bonds is 5. The summed E-state index contributed by atoms with van der Waals surface area (Å²) >= 11 is 0. The molecule has 1 heterocycles. The molecule has 0 saturated carbocycles. The van der Waals surface area contributed by atoms with E-state index < -0.39 is 0 Å². The first kappa shape index (κ1) is 12.6. The Kier molecular flexibility index (Phi) is 4.92. The molecule has 0 aromatic carbocycles. The lowest BCUT2D eigenvalue weighted by molar-refractivity contribution is -0.124. The van der Waals surface area contributed by atoms with Gasteiger partial charge in [-0.25, -0.2) is 0 Å².